The van der Waals surface area contributed by atoms with Crippen LogP contribution in [0.2, 0.25) is 0 Å². The highest BCUT2D eigenvalue weighted by Gasteiger charge is 2.30. The van der Waals surface area contributed by atoms with Gasteiger partial charge in [0.05, 0.1) is 49.1 Å². The minimum atomic E-state index is 0.490. The molecular formula is C60H51NO9S3. The molecule has 0 aliphatic carbocycles. The number of benzene rings is 6. The molecule has 0 N–H and O–H groups in total. The average molecular weight is 1030 g/mol. The van der Waals surface area contributed by atoms with Gasteiger partial charge in [0.25, 0.3) is 0 Å². The molecule has 13 heteroatoms. The Hall–Kier alpha value is -7.58. The van der Waals surface area contributed by atoms with Gasteiger partial charge in [-0.25, -0.2) is 0 Å². The van der Waals surface area contributed by atoms with Gasteiger partial charge in [-0.1, -0.05) is 36.4 Å². The van der Waals surface area contributed by atoms with Crippen LogP contribution in [0.5, 0.6) is 51.7 Å². The van der Waals surface area contributed by atoms with E-state index in [2.05, 4.69) is 114 Å². The monoisotopic (exact) mass is 1030 g/mol. The van der Waals surface area contributed by atoms with E-state index >= 15 is 0 Å². The summed E-state index contributed by atoms with van der Waals surface area (Å²) in [7, 11) is 0. The maximum atomic E-state index is 6.34. The van der Waals surface area contributed by atoms with Crippen LogP contribution in [0.1, 0.15) is 20.8 Å². The summed E-state index contributed by atoms with van der Waals surface area (Å²) in [5.74, 6) is 7.21. The van der Waals surface area contributed by atoms with Crippen LogP contribution in [0.3, 0.4) is 0 Å². The van der Waals surface area contributed by atoms with E-state index in [0.717, 1.165) is 131 Å². The van der Waals surface area contributed by atoms with E-state index < -0.39 is 0 Å². The van der Waals surface area contributed by atoms with Crippen molar-refractivity contribution in [3.8, 4) is 114 Å². The number of nitrogens with zero attached hydrogens (tertiary/aromatic N) is 1. The molecule has 0 saturated heterocycles. The summed E-state index contributed by atoms with van der Waals surface area (Å²) in [4.78, 5) is 8.46. The summed E-state index contributed by atoms with van der Waals surface area (Å²) < 4.78 is 55.1. The van der Waals surface area contributed by atoms with E-state index in [-0.39, 0.29) is 0 Å². The van der Waals surface area contributed by atoms with Gasteiger partial charge in [0.2, 0.25) is 0 Å². The predicted molar refractivity (Wildman–Crippen MR) is 294 cm³/mol. The normalized spacial score (nSPS) is 13.4. The molecule has 3 aliphatic heterocycles. The van der Waals surface area contributed by atoms with Crippen LogP contribution in [0.15, 0.2) is 146 Å². The fourth-order valence-corrected chi connectivity index (χ4v) is 12.9. The minimum absolute atomic E-state index is 0.490. The van der Waals surface area contributed by atoms with Crippen molar-refractivity contribution in [1.29, 1.82) is 0 Å². The number of hydrogen-bond donors (Lipinski definition) is 0. The molecule has 6 aromatic carbocycles. The van der Waals surface area contributed by atoms with Crippen molar-refractivity contribution >= 4 is 51.1 Å². The van der Waals surface area contributed by atoms with Crippen LogP contribution >= 0.6 is 34.0 Å². The van der Waals surface area contributed by atoms with E-state index in [1.54, 1.807) is 34.0 Å². The highest BCUT2D eigenvalue weighted by Crippen LogP contribution is 2.57. The fraction of sp³-hybridized carbons (Fsp3) is 0.200. The molecule has 0 atom stereocenters. The van der Waals surface area contributed by atoms with Crippen LogP contribution in [-0.2, 0) is 0 Å². The molecule has 0 saturated carbocycles. The van der Waals surface area contributed by atoms with Crippen LogP contribution in [0, 0.1) is 0 Å². The van der Waals surface area contributed by atoms with Crippen molar-refractivity contribution in [3.05, 3.63) is 146 Å². The molecule has 10 nitrogen and oxygen atoms in total. The zero-order chi connectivity index (χ0) is 49.3. The lowest BCUT2D eigenvalue weighted by molar-refractivity contribution is 0.175. The molecule has 0 fully saturated rings. The highest BCUT2D eigenvalue weighted by molar-refractivity contribution is 7.20. The van der Waals surface area contributed by atoms with Crippen LogP contribution < -0.4 is 47.5 Å². The van der Waals surface area contributed by atoms with Gasteiger partial charge in [-0.05, 0) is 163 Å². The zero-order valence-electron chi connectivity index (χ0n) is 40.6. The maximum absolute atomic E-state index is 6.34. The average Bonchev–Trinajstić information content (AvgIpc) is 4.16. The SMILES string of the molecule is CCOc1ccc(-c2sc(-c3ccc(N(c4ccc(-c5sc(-c6ccc(OCC)cc6)c6c5OCCO6)cc4)c4ccc(-c5sc(-c6ccc(OCC)cc6)c6c5OCCO6)cc4)cc3)c3c2OCCO3)cc1. The molecular weight excluding hydrogens is 975 g/mol. The predicted octanol–water partition coefficient (Wildman–Crippen LogP) is 15.9. The Balaban J connectivity index is 0.910. The summed E-state index contributed by atoms with van der Waals surface area (Å²) in [6.45, 7) is 10.8. The molecule has 73 heavy (non-hydrogen) atoms. The fourth-order valence-electron chi connectivity index (χ4n) is 9.33. The molecule has 0 spiro atoms. The van der Waals surface area contributed by atoms with Gasteiger partial charge in [-0.15, -0.1) is 34.0 Å². The van der Waals surface area contributed by atoms with Crippen molar-refractivity contribution in [2.75, 3.05) is 64.4 Å². The Morgan fingerprint density at radius 3 is 0.685 bits per heavy atom. The molecule has 0 amide bonds. The molecule has 0 unspecified atom stereocenters. The molecule has 9 aromatic rings. The molecule has 6 heterocycles. The van der Waals surface area contributed by atoms with Gasteiger partial charge in [-0.3, -0.25) is 0 Å². The lowest BCUT2D eigenvalue weighted by Gasteiger charge is -2.26. The summed E-state index contributed by atoms with van der Waals surface area (Å²) in [5, 5.41) is 0. The Morgan fingerprint density at radius 1 is 0.301 bits per heavy atom. The Kier molecular flexibility index (Phi) is 13.1. The van der Waals surface area contributed by atoms with Crippen LogP contribution in [0.25, 0.3) is 62.6 Å². The number of anilines is 3. The first-order valence-electron chi connectivity index (χ1n) is 24.6. The standard InChI is InChI=1S/C60H51NO9S3/c1-4-62-46-25-13-40(14-26-46)58-52-49(65-31-34-68-52)55(71-58)37-7-19-43(20-8-37)61(44-21-9-38(10-22-44)56-50-53(69-35-32-66-50)59(72-56)41-15-27-47(28-16-41)63-5-2)45-23-11-39(12-24-45)57-51-54(70-36-33-67-51)60(73-57)42-17-29-48(30-18-42)64-6-3/h7-30H,4-6,31-36H2,1-3H3. The number of thiophene rings is 3. The molecule has 12 rings (SSSR count). The number of rotatable bonds is 15. The topological polar surface area (TPSA) is 86.3 Å². The Bertz CT molecular complexity index is 3000. The van der Waals surface area contributed by atoms with Gasteiger partial charge in [0.15, 0.2) is 34.5 Å². The van der Waals surface area contributed by atoms with Gasteiger partial charge in [-0.2, -0.15) is 0 Å². The summed E-state index contributed by atoms with van der Waals surface area (Å²) >= 11 is 5.04. The van der Waals surface area contributed by atoms with Gasteiger partial charge in [0, 0.05) is 17.1 Å². The number of fused-ring (bicyclic) bond motifs is 3. The first-order valence-corrected chi connectivity index (χ1v) is 27.1. The minimum Gasteiger partial charge on any atom is -0.494 e. The second-order valence-corrected chi connectivity index (χ2v) is 20.3. The molecule has 0 bridgehead atoms. The second kappa shape index (κ2) is 20.5. The molecule has 3 aromatic heterocycles. The van der Waals surface area contributed by atoms with Crippen molar-refractivity contribution in [2.45, 2.75) is 20.8 Å². The summed E-state index contributed by atoms with van der Waals surface area (Å²) in [5.41, 5.74) is 9.26. The van der Waals surface area contributed by atoms with E-state index in [4.69, 9.17) is 42.6 Å². The van der Waals surface area contributed by atoms with E-state index in [1.807, 2.05) is 57.2 Å². The van der Waals surface area contributed by atoms with E-state index in [0.29, 0.717) is 59.5 Å². The third-order valence-corrected chi connectivity index (χ3v) is 16.4. The largest absolute Gasteiger partial charge is 0.494 e. The smallest absolute Gasteiger partial charge is 0.180 e. The quantitative estimate of drug-likeness (QED) is 0.0989. The van der Waals surface area contributed by atoms with E-state index in [9.17, 15) is 0 Å². The van der Waals surface area contributed by atoms with Crippen molar-refractivity contribution in [3.63, 3.8) is 0 Å². The van der Waals surface area contributed by atoms with Gasteiger partial charge in [0.1, 0.15) is 56.9 Å². The third-order valence-electron chi connectivity index (χ3n) is 12.6. The number of ether oxygens (including phenoxy) is 9. The number of hydrogen-bond acceptors (Lipinski definition) is 13. The highest BCUT2D eigenvalue weighted by atomic mass is 32.1. The van der Waals surface area contributed by atoms with Crippen molar-refractivity contribution in [2.24, 2.45) is 0 Å². The van der Waals surface area contributed by atoms with Gasteiger partial charge >= 0.3 is 0 Å². The van der Waals surface area contributed by atoms with Crippen LogP contribution in [-0.4, -0.2) is 59.5 Å². The van der Waals surface area contributed by atoms with E-state index in [1.165, 1.54) is 0 Å². The molecule has 0 radical (unpaired) electrons. The lowest BCUT2D eigenvalue weighted by Crippen LogP contribution is -2.15. The third kappa shape index (κ3) is 9.06. The first-order chi connectivity index (χ1) is 36.0. The summed E-state index contributed by atoms with van der Waals surface area (Å²) in [6.07, 6.45) is 0. The Morgan fingerprint density at radius 2 is 0.493 bits per heavy atom. The first kappa shape index (κ1) is 46.5. The second-order valence-electron chi connectivity index (χ2n) is 17.2. The lowest BCUT2D eigenvalue weighted by atomic mass is 10.1. The zero-order valence-corrected chi connectivity index (χ0v) is 43.0. The molecule has 3 aliphatic rings. The van der Waals surface area contributed by atoms with Crippen molar-refractivity contribution in [1.82, 2.24) is 0 Å². The van der Waals surface area contributed by atoms with Crippen LogP contribution in [0.4, 0.5) is 17.1 Å². The Labute approximate surface area is 436 Å². The maximum Gasteiger partial charge on any atom is 0.180 e. The molecule has 368 valence electrons. The summed E-state index contributed by atoms with van der Waals surface area (Å²) in [6, 6.07) is 50.6. The van der Waals surface area contributed by atoms with Crippen molar-refractivity contribution < 1.29 is 42.6 Å². The van der Waals surface area contributed by atoms with Gasteiger partial charge < -0.3 is 47.5 Å².